The van der Waals surface area contributed by atoms with Crippen molar-refractivity contribution < 1.29 is 9.53 Å². The van der Waals surface area contributed by atoms with Gasteiger partial charge in [0.05, 0.1) is 7.11 Å². The molecule has 0 aliphatic heterocycles. The lowest BCUT2D eigenvalue weighted by Crippen LogP contribution is -1.96. The summed E-state index contributed by atoms with van der Waals surface area (Å²) in [6, 6.07) is 5.36. The van der Waals surface area contributed by atoms with Crippen molar-refractivity contribution in [3.63, 3.8) is 0 Å². The van der Waals surface area contributed by atoms with Gasteiger partial charge >= 0.3 is 0 Å². The molecule has 0 fully saturated rings. The van der Waals surface area contributed by atoms with E-state index in [-0.39, 0.29) is 0 Å². The van der Waals surface area contributed by atoms with Gasteiger partial charge in [0.25, 0.3) is 0 Å². The summed E-state index contributed by atoms with van der Waals surface area (Å²) in [5, 5.41) is 0. The summed E-state index contributed by atoms with van der Waals surface area (Å²) >= 11 is 0. The van der Waals surface area contributed by atoms with Gasteiger partial charge < -0.3 is 9.30 Å². The van der Waals surface area contributed by atoms with Crippen LogP contribution in [0.4, 0.5) is 0 Å². The molecular formula is C12H12N2O2. The van der Waals surface area contributed by atoms with E-state index in [1.807, 2.05) is 29.9 Å². The second-order valence-corrected chi connectivity index (χ2v) is 3.43. The highest BCUT2D eigenvalue weighted by molar-refractivity contribution is 5.86. The molecule has 0 N–H and O–H groups in total. The SMILES string of the molecule is COc1ccc(-c2nccn2C)c(C=O)c1. The first kappa shape index (κ1) is 10.4. The Hall–Kier alpha value is -2.10. The van der Waals surface area contributed by atoms with E-state index in [4.69, 9.17) is 4.74 Å². The van der Waals surface area contributed by atoms with Crippen molar-refractivity contribution in [1.29, 1.82) is 0 Å². The Bertz CT molecular complexity index is 517. The Labute approximate surface area is 93.5 Å². The quantitative estimate of drug-likeness (QED) is 0.736. The lowest BCUT2D eigenvalue weighted by molar-refractivity contribution is 0.112. The summed E-state index contributed by atoms with van der Waals surface area (Å²) in [6.45, 7) is 0. The number of imidazole rings is 1. The number of nitrogens with zero attached hydrogens (tertiary/aromatic N) is 2. The summed E-state index contributed by atoms with van der Waals surface area (Å²) in [6.07, 6.45) is 4.36. The molecule has 16 heavy (non-hydrogen) atoms. The topological polar surface area (TPSA) is 44.1 Å². The Morgan fingerprint density at radius 1 is 1.44 bits per heavy atom. The molecule has 0 amide bonds. The smallest absolute Gasteiger partial charge is 0.150 e. The first-order valence-corrected chi connectivity index (χ1v) is 4.87. The number of benzene rings is 1. The van der Waals surface area contributed by atoms with Gasteiger partial charge in [0.15, 0.2) is 6.29 Å². The highest BCUT2D eigenvalue weighted by Crippen LogP contribution is 2.24. The van der Waals surface area contributed by atoms with Crippen molar-refractivity contribution >= 4 is 6.29 Å². The van der Waals surface area contributed by atoms with Crippen LogP contribution < -0.4 is 4.74 Å². The third kappa shape index (κ3) is 1.69. The van der Waals surface area contributed by atoms with E-state index in [9.17, 15) is 4.79 Å². The molecule has 0 atom stereocenters. The number of carbonyl (C=O) groups excluding carboxylic acids is 1. The van der Waals surface area contributed by atoms with Gasteiger partial charge in [-0.1, -0.05) is 0 Å². The Kier molecular flexibility index (Phi) is 2.72. The van der Waals surface area contributed by atoms with Crippen LogP contribution in [0.15, 0.2) is 30.6 Å². The van der Waals surface area contributed by atoms with Crippen LogP contribution in [-0.4, -0.2) is 22.9 Å². The van der Waals surface area contributed by atoms with E-state index in [0.717, 1.165) is 17.7 Å². The predicted molar refractivity (Wildman–Crippen MR) is 60.6 cm³/mol. The summed E-state index contributed by atoms with van der Waals surface area (Å²) in [5.41, 5.74) is 1.39. The van der Waals surface area contributed by atoms with Crippen molar-refractivity contribution in [2.45, 2.75) is 0 Å². The molecule has 0 unspecified atom stereocenters. The number of methoxy groups -OCH3 is 1. The summed E-state index contributed by atoms with van der Waals surface area (Å²) in [5.74, 6) is 1.44. The fraction of sp³-hybridized carbons (Fsp3) is 0.167. The largest absolute Gasteiger partial charge is 0.497 e. The van der Waals surface area contributed by atoms with Gasteiger partial charge in [-0.2, -0.15) is 0 Å². The summed E-state index contributed by atoms with van der Waals surface area (Å²) < 4.78 is 6.94. The minimum absolute atomic E-state index is 0.577. The molecule has 1 aromatic heterocycles. The van der Waals surface area contributed by atoms with Crippen LogP contribution in [0.5, 0.6) is 5.75 Å². The molecule has 0 saturated heterocycles. The van der Waals surface area contributed by atoms with Gasteiger partial charge in [-0.25, -0.2) is 4.98 Å². The third-order valence-corrected chi connectivity index (χ3v) is 2.45. The molecule has 1 heterocycles. The second kappa shape index (κ2) is 4.18. The number of aromatic nitrogens is 2. The standard InChI is InChI=1S/C12H12N2O2/c1-14-6-5-13-12(14)11-4-3-10(16-2)7-9(11)8-15/h3-8H,1-2H3. The number of hydrogen-bond donors (Lipinski definition) is 0. The Morgan fingerprint density at radius 3 is 2.81 bits per heavy atom. The minimum Gasteiger partial charge on any atom is -0.497 e. The average molecular weight is 216 g/mol. The Balaban J connectivity index is 2.57. The maximum atomic E-state index is 11.0. The molecule has 0 spiro atoms. The third-order valence-electron chi connectivity index (χ3n) is 2.45. The monoisotopic (exact) mass is 216 g/mol. The number of aldehydes is 1. The van der Waals surface area contributed by atoms with Crippen LogP contribution >= 0.6 is 0 Å². The lowest BCUT2D eigenvalue weighted by Gasteiger charge is -2.07. The molecule has 2 aromatic rings. The molecule has 0 aliphatic carbocycles. The fourth-order valence-corrected chi connectivity index (χ4v) is 1.59. The van der Waals surface area contributed by atoms with E-state index in [1.165, 1.54) is 0 Å². The number of ether oxygens (including phenoxy) is 1. The second-order valence-electron chi connectivity index (χ2n) is 3.43. The van der Waals surface area contributed by atoms with Gasteiger partial charge in [0.1, 0.15) is 11.6 Å². The molecule has 2 rings (SSSR count). The zero-order chi connectivity index (χ0) is 11.5. The highest BCUT2D eigenvalue weighted by atomic mass is 16.5. The molecular weight excluding hydrogens is 204 g/mol. The van der Waals surface area contributed by atoms with Crippen molar-refractivity contribution in [2.75, 3.05) is 7.11 Å². The molecule has 0 saturated carbocycles. The van der Waals surface area contributed by atoms with Crippen molar-refractivity contribution in [2.24, 2.45) is 7.05 Å². The highest BCUT2D eigenvalue weighted by Gasteiger charge is 2.09. The minimum atomic E-state index is 0.577. The average Bonchev–Trinajstić information content (AvgIpc) is 2.74. The number of hydrogen-bond acceptors (Lipinski definition) is 3. The molecule has 82 valence electrons. The first-order chi connectivity index (χ1) is 7.76. The van der Waals surface area contributed by atoms with Gasteiger partial charge in [-0.3, -0.25) is 4.79 Å². The van der Waals surface area contributed by atoms with Gasteiger partial charge in [-0.05, 0) is 18.2 Å². The predicted octanol–water partition coefficient (Wildman–Crippen LogP) is 1.91. The van der Waals surface area contributed by atoms with E-state index in [1.54, 1.807) is 19.4 Å². The number of carbonyl (C=O) groups is 1. The van der Waals surface area contributed by atoms with Crippen LogP contribution in [-0.2, 0) is 7.05 Å². The van der Waals surface area contributed by atoms with E-state index >= 15 is 0 Å². The van der Waals surface area contributed by atoms with E-state index in [2.05, 4.69) is 4.98 Å². The zero-order valence-electron chi connectivity index (χ0n) is 9.18. The normalized spacial score (nSPS) is 10.1. The van der Waals surface area contributed by atoms with Crippen LogP contribution in [0.3, 0.4) is 0 Å². The van der Waals surface area contributed by atoms with Crippen molar-refractivity contribution in [1.82, 2.24) is 9.55 Å². The number of aryl methyl sites for hydroxylation is 1. The molecule has 0 bridgehead atoms. The summed E-state index contributed by atoms with van der Waals surface area (Å²) in [4.78, 5) is 15.2. The molecule has 4 nitrogen and oxygen atoms in total. The zero-order valence-corrected chi connectivity index (χ0v) is 9.18. The fourth-order valence-electron chi connectivity index (χ4n) is 1.59. The van der Waals surface area contributed by atoms with Gasteiger partial charge in [0, 0.05) is 30.6 Å². The first-order valence-electron chi connectivity index (χ1n) is 4.87. The molecule has 1 aromatic carbocycles. The van der Waals surface area contributed by atoms with Crippen LogP contribution in [0.2, 0.25) is 0 Å². The Morgan fingerprint density at radius 2 is 2.25 bits per heavy atom. The van der Waals surface area contributed by atoms with E-state index < -0.39 is 0 Å². The van der Waals surface area contributed by atoms with E-state index in [0.29, 0.717) is 11.3 Å². The van der Waals surface area contributed by atoms with Gasteiger partial charge in [0.2, 0.25) is 0 Å². The van der Waals surface area contributed by atoms with Crippen LogP contribution in [0, 0.1) is 0 Å². The number of rotatable bonds is 3. The molecule has 0 aliphatic rings. The maximum Gasteiger partial charge on any atom is 0.150 e. The van der Waals surface area contributed by atoms with Crippen molar-refractivity contribution in [3.8, 4) is 17.1 Å². The van der Waals surface area contributed by atoms with Crippen LogP contribution in [0.1, 0.15) is 10.4 Å². The van der Waals surface area contributed by atoms with Crippen LogP contribution in [0.25, 0.3) is 11.4 Å². The molecule has 0 radical (unpaired) electrons. The summed E-state index contributed by atoms with van der Waals surface area (Å²) in [7, 11) is 3.46. The lowest BCUT2D eigenvalue weighted by atomic mass is 10.1. The molecule has 4 heteroatoms. The van der Waals surface area contributed by atoms with Crippen molar-refractivity contribution in [3.05, 3.63) is 36.2 Å². The maximum absolute atomic E-state index is 11.0. The van der Waals surface area contributed by atoms with Gasteiger partial charge in [-0.15, -0.1) is 0 Å².